The third-order valence-electron chi connectivity index (χ3n) is 4.68. The van der Waals surface area contributed by atoms with Gasteiger partial charge in [0.15, 0.2) is 0 Å². The molecule has 1 saturated carbocycles. The van der Waals surface area contributed by atoms with Crippen molar-refractivity contribution in [1.82, 2.24) is 5.32 Å². The molecule has 0 radical (unpaired) electrons. The highest BCUT2D eigenvalue weighted by atomic mass is 16.6. The van der Waals surface area contributed by atoms with E-state index in [9.17, 15) is 10.1 Å². The number of nitro benzene ring substituents is 1. The Kier molecular flexibility index (Phi) is 5.74. The van der Waals surface area contributed by atoms with Gasteiger partial charge in [0.2, 0.25) is 0 Å². The fourth-order valence-corrected chi connectivity index (χ4v) is 3.20. The number of nitrogens with one attached hydrogen (secondary N) is 1. The van der Waals surface area contributed by atoms with E-state index in [-0.39, 0.29) is 16.7 Å². The van der Waals surface area contributed by atoms with E-state index in [1.807, 2.05) is 6.07 Å². The van der Waals surface area contributed by atoms with Crippen LogP contribution in [0, 0.1) is 22.0 Å². The summed E-state index contributed by atoms with van der Waals surface area (Å²) in [7, 11) is 0. The molecule has 0 spiro atoms. The largest absolute Gasteiger partial charge is 0.310 e. The lowest BCUT2D eigenvalue weighted by atomic mass is 9.83. The standard InChI is InChI=1S/C17H26N2O2/c1-3-17(15-5-4-6-16(11-15)19(20)21)18-12-14-9-7-13(2)8-10-14/h4-6,11,13-14,17-18H,3,7-10,12H2,1-2H3. The number of non-ortho nitro benzene ring substituents is 1. The molecule has 1 aromatic rings. The molecule has 1 aromatic carbocycles. The molecule has 1 aliphatic carbocycles. The van der Waals surface area contributed by atoms with Gasteiger partial charge >= 0.3 is 0 Å². The van der Waals surface area contributed by atoms with Gasteiger partial charge in [0.25, 0.3) is 5.69 Å². The van der Waals surface area contributed by atoms with Crippen LogP contribution in [-0.4, -0.2) is 11.5 Å². The molecule has 0 aromatic heterocycles. The van der Waals surface area contributed by atoms with Gasteiger partial charge in [0.1, 0.15) is 0 Å². The molecule has 1 atom stereocenters. The Morgan fingerprint density at radius 3 is 2.67 bits per heavy atom. The van der Waals surface area contributed by atoms with E-state index in [1.54, 1.807) is 18.2 Å². The molecule has 0 saturated heterocycles. The number of rotatable bonds is 6. The van der Waals surface area contributed by atoms with Crippen molar-refractivity contribution < 1.29 is 4.92 Å². The minimum Gasteiger partial charge on any atom is -0.310 e. The minimum atomic E-state index is -0.321. The lowest BCUT2D eigenvalue weighted by molar-refractivity contribution is -0.384. The fraction of sp³-hybridized carbons (Fsp3) is 0.647. The molecule has 1 aliphatic rings. The molecular weight excluding hydrogens is 264 g/mol. The van der Waals surface area contributed by atoms with Gasteiger partial charge in [0, 0.05) is 18.2 Å². The predicted molar refractivity (Wildman–Crippen MR) is 85.3 cm³/mol. The predicted octanol–water partition coefficient (Wildman–Crippen LogP) is 4.46. The first-order chi connectivity index (χ1) is 10.1. The molecule has 1 unspecified atom stereocenters. The monoisotopic (exact) mass is 290 g/mol. The van der Waals surface area contributed by atoms with Crippen molar-refractivity contribution in [1.29, 1.82) is 0 Å². The van der Waals surface area contributed by atoms with E-state index in [0.29, 0.717) is 0 Å². The quantitative estimate of drug-likeness (QED) is 0.621. The number of hydrogen-bond acceptors (Lipinski definition) is 3. The zero-order chi connectivity index (χ0) is 15.2. The van der Waals surface area contributed by atoms with Crippen LogP contribution < -0.4 is 5.32 Å². The topological polar surface area (TPSA) is 55.2 Å². The number of nitrogens with zero attached hydrogens (tertiary/aromatic N) is 1. The van der Waals surface area contributed by atoms with Gasteiger partial charge in [0.05, 0.1) is 4.92 Å². The third-order valence-corrected chi connectivity index (χ3v) is 4.68. The Morgan fingerprint density at radius 1 is 1.33 bits per heavy atom. The summed E-state index contributed by atoms with van der Waals surface area (Å²) in [6.45, 7) is 5.48. The van der Waals surface area contributed by atoms with Crippen molar-refractivity contribution in [3.05, 3.63) is 39.9 Å². The molecule has 0 bridgehead atoms. The van der Waals surface area contributed by atoms with Gasteiger partial charge in [-0.05, 0) is 43.2 Å². The average molecular weight is 290 g/mol. The summed E-state index contributed by atoms with van der Waals surface area (Å²) in [6.07, 6.45) is 6.23. The molecular formula is C17H26N2O2. The van der Waals surface area contributed by atoms with Crippen LogP contribution in [0.2, 0.25) is 0 Å². The van der Waals surface area contributed by atoms with Crippen molar-refractivity contribution in [2.75, 3.05) is 6.54 Å². The van der Waals surface area contributed by atoms with Crippen LogP contribution in [0.5, 0.6) is 0 Å². The Bertz CT molecular complexity index is 468. The molecule has 4 nitrogen and oxygen atoms in total. The first-order valence-corrected chi connectivity index (χ1v) is 8.07. The van der Waals surface area contributed by atoms with Crippen LogP contribution in [0.3, 0.4) is 0 Å². The van der Waals surface area contributed by atoms with E-state index in [2.05, 4.69) is 19.2 Å². The lowest BCUT2D eigenvalue weighted by Gasteiger charge is -2.28. The van der Waals surface area contributed by atoms with Crippen LogP contribution >= 0.6 is 0 Å². The maximum absolute atomic E-state index is 10.9. The molecule has 2 rings (SSSR count). The van der Waals surface area contributed by atoms with Crippen molar-refractivity contribution >= 4 is 5.69 Å². The Morgan fingerprint density at radius 2 is 2.05 bits per heavy atom. The van der Waals surface area contributed by atoms with Crippen molar-refractivity contribution in [3.63, 3.8) is 0 Å². The van der Waals surface area contributed by atoms with Crippen molar-refractivity contribution in [2.24, 2.45) is 11.8 Å². The molecule has 21 heavy (non-hydrogen) atoms. The summed E-state index contributed by atoms with van der Waals surface area (Å²) < 4.78 is 0. The fourth-order valence-electron chi connectivity index (χ4n) is 3.20. The Balaban J connectivity index is 1.93. The summed E-state index contributed by atoms with van der Waals surface area (Å²) in [5, 5.41) is 14.5. The highest BCUT2D eigenvalue weighted by molar-refractivity contribution is 5.35. The van der Waals surface area contributed by atoms with Gasteiger partial charge in [-0.1, -0.05) is 38.8 Å². The summed E-state index contributed by atoms with van der Waals surface area (Å²) in [6, 6.07) is 7.23. The molecule has 0 amide bonds. The molecule has 1 fully saturated rings. The second kappa shape index (κ2) is 7.55. The number of hydrogen-bond donors (Lipinski definition) is 1. The second-order valence-electron chi connectivity index (χ2n) is 6.35. The van der Waals surface area contributed by atoms with E-state index in [1.165, 1.54) is 25.7 Å². The normalized spacial score (nSPS) is 23.7. The van der Waals surface area contributed by atoms with Crippen molar-refractivity contribution in [3.8, 4) is 0 Å². The lowest BCUT2D eigenvalue weighted by Crippen LogP contribution is -2.29. The molecule has 116 valence electrons. The van der Waals surface area contributed by atoms with Gasteiger partial charge in [-0.15, -0.1) is 0 Å². The van der Waals surface area contributed by atoms with Crippen LogP contribution in [0.1, 0.15) is 57.6 Å². The SMILES string of the molecule is CCC(NCC1CCC(C)CC1)c1cccc([N+](=O)[O-])c1. The van der Waals surface area contributed by atoms with E-state index in [0.717, 1.165) is 30.4 Å². The molecule has 4 heteroatoms. The summed E-state index contributed by atoms with van der Waals surface area (Å²) in [5.41, 5.74) is 1.20. The van der Waals surface area contributed by atoms with Crippen molar-refractivity contribution in [2.45, 2.75) is 52.0 Å². The molecule has 0 aliphatic heterocycles. The van der Waals surface area contributed by atoms with Gasteiger partial charge in [-0.2, -0.15) is 0 Å². The highest BCUT2D eigenvalue weighted by Gasteiger charge is 2.20. The first-order valence-electron chi connectivity index (χ1n) is 8.07. The van der Waals surface area contributed by atoms with Crippen LogP contribution in [0.15, 0.2) is 24.3 Å². The zero-order valence-electron chi connectivity index (χ0n) is 13.0. The summed E-state index contributed by atoms with van der Waals surface area (Å²) in [5.74, 6) is 1.63. The smallest absolute Gasteiger partial charge is 0.269 e. The third kappa shape index (κ3) is 4.53. The molecule has 0 heterocycles. The zero-order valence-corrected chi connectivity index (χ0v) is 13.0. The Hall–Kier alpha value is -1.42. The van der Waals surface area contributed by atoms with Gasteiger partial charge in [-0.3, -0.25) is 10.1 Å². The van der Waals surface area contributed by atoms with Crippen LogP contribution in [-0.2, 0) is 0 Å². The minimum absolute atomic E-state index is 0.180. The van der Waals surface area contributed by atoms with Crippen LogP contribution in [0.25, 0.3) is 0 Å². The highest BCUT2D eigenvalue weighted by Crippen LogP contribution is 2.29. The summed E-state index contributed by atoms with van der Waals surface area (Å²) >= 11 is 0. The van der Waals surface area contributed by atoms with Gasteiger partial charge in [-0.25, -0.2) is 0 Å². The average Bonchev–Trinajstić information content (AvgIpc) is 2.50. The molecule has 1 N–H and O–H groups in total. The summed E-state index contributed by atoms with van der Waals surface area (Å²) in [4.78, 5) is 10.6. The second-order valence-corrected chi connectivity index (χ2v) is 6.35. The number of nitro groups is 1. The van der Waals surface area contributed by atoms with E-state index < -0.39 is 0 Å². The number of benzene rings is 1. The van der Waals surface area contributed by atoms with Gasteiger partial charge < -0.3 is 5.32 Å². The first kappa shape index (κ1) is 16.0. The maximum atomic E-state index is 10.9. The van der Waals surface area contributed by atoms with Crippen LogP contribution in [0.4, 0.5) is 5.69 Å². The van der Waals surface area contributed by atoms with E-state index >= 15 is 0 Å². The van der Waals surface area contributed by atoms with E-state index in [4.69, 9.17) is 0 Å². The Labute approximate surface area is 127 Å². The maximum Gasteiger partial charge on any atom is 0.269 e.